The zero-order valence-corrected chi connectivity index (χ0v) is 13.5. The van der Waals surface area contributed by atoms with Crippen LogP contribution in [0.3, 0.4) is 0 Å². The number of piperidine rings is 1. The van der Waals surface area contributed by atoms with E-state index in [1.807, 2.05) is 13.8 Å². The summed E-state index contributed by atoms with van der Waals surface area (Å²) in [5.41, 5.74) is 0. The Balaban J connectivity index is 0.00000361. The number of amides is 2. The van der Waals surface area contributed by atoms with Crippen molar-refractivity contribution in [3.63, 3.8) is 0 Å². The summed E-state index contributed by atoms with van der Waals surface area (Å²) in [4.78, 5) is 23.2. The van der Waals surface area contributed by atoms with Gasteiger partial charge < -0.3 is 16.0 Å². The van der Waals surface area contributed by atoms with E-state index < -0.39 is 0 Å². The second kappa shape index (κ2) is 10.00. The maximum Gasteiger partial charge on any atom is 0.222 e. The lowest BCUT2D eigenvalue weighted by molar-refractivity contribution is -0.123. The minimum Gasteiger partial charge on any atom is -0.356 e. The first-order valence-corrected chi connectivity index (χ1v) is 7.28. The first-order valence-electron chi connectivity index (χ1n) is 7.28. The molecule has 1 heterocycles. The Labute approximate surface area is 128 Å². The molecule has 1 aliphatic heterocycles. The maximum atomic E-state index is 11.8. The van der Waals surface area contributed by atoms with Gasteiger partial charge in [0.1, 0.15) is 0 Å². The van der Waals surface area contributed by atoms with Gasteiger partial charge in [0.2, 0.25) is 11.8 Å². The summed E-state index contributed by atoms with van der Waals surface area (Å²) in [6.45, 7) is 7.55. The fourth-order valence-electron chi connectivity index (χ4n) is 2.28. The van der Waals surface area contributed by atoms with Gasteiger partial charge in [-0.3, -0.25) is 9.59 Å². The van der Waals surface area contributed by atoms with Crippen LogP contribution in [0.15, 0.2) is 0 Å². The van der Waals surface area contributed by atoms with E-state index in [0.717, 1.165) is 19.4 Å². The predicted octanol–water partition coefficient (Wildman–Crippen LogP) is 1.22. The van der Waals surface area contributed by atoms with E-state index in [1.54, 1.807) is 0 Å². The summed E-state index contributed by atoms with van der Waals surface area (Å²) in [6, 6.07) is 0.542. The largest absolute Gasteiger partial charge is 0.356 e. The van der Waals surface area contributed by atoms with E-state index in [0.29, 0.717) is 31.3 Å². The van der Waals surface area contributed by atoms with Crippen LogP contribution in [0.25, 0.3) is 0 Å². The molecule has 0 aromatic carbocycles. The highest BCUT2D eigenvalue weighted by atomic mass is 35.5. The van der Waals surface area contributed by atoms with Crippen LogP contribution >= 0.6 is 12.4 Å². The van der Waals surface area contributed by atoms with Gasteiger partial charge in [0.05, 0.1) is 0 Å². The van der Waals surface area contributed by atoms with Crippen molar-refractivity contribution < 1.29 is 9.59 Å². The zero-order valence-electron chi connectivity index (χ0n) is 12.7. The monoisotopic (exact) mass is 305 g/mol. The van der Waals surface area contributed by atoms with Crippen LogP contribution in [0, 0.1) is 5.92 Å². The molecule has 0 aromatic rings. The summed E-state index contributed by atoms with van der Waals surface area (Å²) < 4.78 is 0. The quantitative estimate of drug-likeness (QED) is 0.691. The summed E-state index contributed by atoms with van der Waals surface area (Å²) in [7, 11) is 0. The number of halogens is 1. The van der Waals surface area contributed by atoms with Crippen molar-refractivity contribution in [2.24, 2.45) is 5.92 Å². The lowest BCUT2D eigenvalue weighted by Gasteiger charge is -2.30. The van der Waals surface area contributed by atoms with E-state index in [9.17, 15) is 9.59 Å². The van der Waals surface area contributed by atoms with E-state index in [4.69, 9.17) is 0 Å². The maximum absolute atomic E-state index is 11.8. The standard InChI is InChI=1S/C14H27N3O2.ClH/c1-10(2)9-14(19)16-8-6-13(18)17-12-5-4-7-15-11(12)3;/h10-12,15H,4-9H2,1-3H3,(H,16,19)(H,17,18);1H. The third-order valence-electron chi connectivity index (χ3n) is 3.38. The highest BCUT2D eigenvalue weighted by molar-refractivity contribution is 5.85. The van der Waals surface area contributed by atoms with Crippen molar-refractivity contribution in [1.29, 1.82) is 0 Å². The molecule has 118 valence electrons. The van der Waals surface area contributed by atoms with Crippen LogP contribution in [0.1, 0.15) is 46.5 Å². The molecule has 1 saturated heterocycles. The molecule has 0 bridgehead atoms. The second-order valence-corrected chi connectivity index (χ2v) is 5.76. The van der Waals surface area contributed by atoms with E-state index >= 15 is 0 Å². The lowest BCUT2D eigenvalue weighted by atomic mass is 10.00. The molecule has 3 N–H and O–H groups in total. The molecular weight excluding hydrogens is 278 g/mol. The molecule has 1 aliphatic rings. The molecule has 2 atom stereocenters. The molecule has 0 aliphatic carbocycles. The molecule has 2 amide bonds. The fraction of sp³-hybridized carbons (Fsp3) is 0.857. The topological polar surface area (TPSA) is 70.2 Å². The molecule has 0 spiro atoms. The summed E-state index contributed by atoms with van der Waals surface area (Å²) in [5, 5.41) is 9.16. The van der Waals surface area contributed by atoms with Gasteiger partial charge in [-0.2, -0.15) is 0 Å². The van der Waals surface area contributed by atoms with Gasteiger partial charge in [-0.15, -0.1) is 12.4 Å². The summed E-state index contributed by atoms with van der Waals surface area (Å²) in [5.74, 6) is 0.392. The van der Waals surface area contributed by atoms with E-state index in [2.05, 4.69) is 22.9 Å². The van der Waals surface area contributed by atoms with Gasteiger partial charge in [-0.05, 0) is 32.2 Å². The van der Waals surface area contributed by atoms with E-state index in [-0.39, 0.29) is 30.3 Å². The molecule has 0 aromatic heterocycles. The number of hydrogen-bond donors (Lipinski definition) is 3. The van der Waals surface area contributed by atoms with Crippen molar-refractivity contribution in [3.05, 3.63) is 0 Å². The Morgan fingerprint density at radius 3 is 2.60 bits per heavy atom. The van der Waals surface area contributed by atoms with Crippen LogP contribution in [0.5, 0.6) is 0 Å². The average Bonchev–Trinajstić information content (AvgIpc) is 2.31. The minimum atomic E-state index is 0. The average molecular weight is 306 g/mol. The molecular formula is C14H28ClN3O2. The van der Waals surface area contributed by atoms with Gasteiger partial charge >= 0.3 is 0 Å². The normalized spacial score (nSPS) is 22.0. The number of hydrogen-bond acceptors (Lipinski definition) is 3. The third-order valence-corrected chi connectivity index (χ3v) is 3.38. The molecule has 5 nitrogen and oxygen atoms in total. The Morgan fingerprint density at radius 2 is 2.00 bits per heavy atom. The van der Waals surface area contributed by atoms with Gasteiger partial charge in [0.25, 0.3) is 0 Å². The highest BCUT2D eigenvalue weighted by Crippen LogP contribution is 2.08. The smallest absolute Gasteiger partial charge is 0.222 e. The van der Waals surface area contributed by atoms with Crippen molar-refractivity contribution in [2.45, 2.75) is 58.5 Å². The summed E-state index contributed by atoms with van der Waals surface area (Å²) in [6.07, 6.45) is 3.00. The SMILES string of the molecule is CC(C)CC(=O)NCCC(=O)NC1CCCNC1C.Cl. The summed E-state index contributed by atoms with van der Waals surface area (Å²) >= 11 is 0. The molecule has 1 fully saturated rings. The van der Waals surface area contributed by atoms with E-state index in [1.165, 1.54) is 0 Å². The predicted molar refractivity (Wildman–Crippen MR) is 83.0 cm³/mol. The van der Waals surface area contributed by atoms with Gasteiger partial charge in [0, 0.05) is 31.5 Å². The lowest BCUT2D eigenvalue weighted by Crippen LogP contribution is -2.52. The molecule has 0 radical (unpaired) electrons. The number of carbonyl (C=O) groups is 2. The Hall–Kier alpha value is -0.810. The number of nitrogens with one attached hydrogen (secondary N) is 3. The van der Waals surface area contributed by atoms with Gasteiger partial charge in [-0.25, -0.2) is 0 Å². The molecule has 6 heteroatoms. The van der Waals surface area contributed by atoms with Crippen LogP contribution in [-0.4, -0.2) is 37.0 Å². The first kappa shape index (κ1) is 19.2. The number of carbonyl (C=O) groups excluding carboxylic acids is 2. The van der Waals surface area contributed by atoms with Crippen molar-refractivity contribution in [2.75, 3.05) is 13.1 Å². The second-order valence-electron chi connectivity index (χ2n) is 5.76. The zero-order chi connectivity index (χ0) is 14.3. The Morgan fingerprint density at radius 1 is 1.30 bits per heavy atom. The van der Waals surface area contributed by atoms with Crippen molar-refractivity contribution in [1.82, 2.24) is 16.0 Å². The first-order chi connectivity index (χ1) is 8.99. The van der Waals surface area contributed by atoms with Crippen molar-refractivity contribution >= 4 is 24.2 Å². The van der Waals surface area contributed by atoms with Gasteiger partial charge in [0.15, 0.2) is 0 Å². The van der Waals surface area contributed by atoms with Crippen LogP contribution in [0.2, 0.25) is 0 Å². The molecule has 1 rings (SSSR count). The van der Waals surface area contributed by atoms with Crippen molar-refractivity contribution in [3.8, 4) is 0 Å². The minimum absolute atomic E-state index is 0. The molecule has 2 unspecified atom stereocenters. The fourth-order valence-corrected chi connectivity index (χ4v) is 2.28. The third kappa shape index (κ3) is 7.70. The Kier molecular flexibility index (Phi) is 9.59. The highest BCUT2D eigenvalue weighted by Gasteiger charge is 2.21. The Bertz CT molecular complexity index is 311. The van der Waals surface area contributed by atoms with Crippen LogP contribution < -0.4 is 16.0 Å². The van der Waals surface area contributed by atoms with Crippen LogP contribution in [-0.2, 0) is 9.59 Å². The van der Waals surface area contributed by atoms with Crippen LogP contribution in [0.4, 0.5) is 0 Å². The number of rotatable bonds is 6. The molecule has 0 saturated carbocycles. The molecule has 20 heavy (non-hydrogen) atoms. The van der Waals surface area contributed by atoms with Gasteiger partial charge in [-0.1, -0.05) is 13.8 Å².